The van der Waals surface area contributed by atoms with Gasteiger partial charge in [-0.15, -0.1) is 0 Å². The number of carbonyl (C=O) groups is 1. The van der Waals surface area contributed by atoms with E-state index in [1.807, 2.05) is 6.92 Å². The second-order valence-corrected chi connectivity index (χ2v) is 2.12. The Morgan fingerprint density at radius 1 is 1.50 bits per heavy atom. The second kappa shape index (κ2) is 6.53. The highest BCUT2D eigenvalue weighted by Gasteiger charge is 2.05. The standard InChI is InChI=1S/C9H14O3/c1-4-6-7-8(3)12-9(10)11-5-2/h8H,4-5H2,1-3H3. The Morgan fingerprint density at radius 2 is 2.17 bits per heavy atom. The molecule has 0 heterocycles. The highest BCUT2D eigenvalue weighted by Crippen LogP contribution is 1.92. The van der Waals surface area contributed by atoms with Gasteiger partial charge in [-0.3, -0.25) is 0 Å². The van der Waals surface area contributed by atoms with E-state index in [9.17, 15) is 4.79 Å². The van der Waals surface area contributed by atoms with Crippen molar-refractivity contribution in [1.29, 1.82) is 0 Å². The van der Waals surface area contributed by atoms with Crippen LogP contribution in [0.5, 0.6) is 0 Å². The van der Waals surface area contributed by atoms with Gasteiger partial charge in [0.25, 0.3) is 0 Å². The maximum absolute atomic E-state index is 10.7. The lowest BCUT2D eigenvalue weighted by Gasteiger charge is -2.05. The van der Waals surface area contributed by atoms with Crippen LogP contribution >= 0.6 is 0 Å². The van der Waals surface area contributed by atoms with Crippen molar-refractivity contribution in [3.05, 3.63) is 0 Å². The Balaban J connectivity index is 3.68. The van der Waals surface area contributed by atoms with Gasteiger partial charge < -0.3 is 9.47 Å². The van der Waals surface area contributed by atoms with Crippen molar-refractivity contribution in [2.45, 2.75) is 33.3 Å². The number of hydrogen-bond donors (Lipinski definition) is 0. The van der Waals surface area contributed by atoms with Crippen LogP contribution in [0.4, 0.5) is 4.79 Å². The number of ether oxygens (including phenoxy) is 2. The van der Waals surface area contributed by atoms with Crippen molar-refractivity contribution in [2.75, 3.05) is 6.61 Å². The lowest BCUT2D eigenvalue weighted by atomic mass is 10.4. The molecule has 0 spiro atoms. The molecule has 0 rings (SSSR count). The summed E-state index contributed by atoms with van der Waals surface area (Å²) in [6, 6.07) is 0. The molecule has 0 saturated carbocycles. The fraction of sp³-hybridized carbons (Fsp3) is 0.667. The molecule has 0 bridgehead atoms. The molecule has 0 aliphatic carbocycles. The smallest absolute Gasteiger partial charge is 0.435 e. The zero-order valence-electron chi connectivity index (χ0n) is 7.72. The number of carbonyl (C=O) groups excluding carboxylic acids is 1. The first-order valence-electron chi connectivity index (χ1n) is 4.02. The summed E-state index contributed by atoms with van der Waals surface area (Å²) in [5, 5.41) is 0. The molecule has 3 nitrogen and oxygen atoms in total. The van der Waals surface area contributed by atoms with E-state index < -0.39 is 6.16 Å². The van der Waals surface area contributed by atoms with E-state index in [0.29, 0.717) is 6.61 Å². The van der Waals surface area contributed by atoms with Crippen LogP contribution in [0, 0.1) is 11.8 Å². The van der Waals surface area contributed by atoms with Gasteiger partial charge in [-0.2, -0.15) is 0 Å². The Morgan fingerprint density at radius 3 is 2.67 bits per heavy atom. The van der Waals surface area contributed by atoms with Gasteiger partial charge in [-0.05, 0) is 13.8 Å². The van der Waals surface area contributed by atoms with E-state index in [4.69, 9.17) is 4.74 Å². The van der Waals surface area contributed by atoms with E-state index >= 15 is 0 Å². The minimum absolute atomic E-state index is 0.326. The van der Waals surface area contributed by atoms with Crippen LogP contribution in [0.2, 0.25) is 0 Å². The van der Waals surface area contributed by atoms with Crippen molar-refractivity contribution in [3.63, 3.8) is 0 Å². The third kappa shape index (κ3) is 5.60. The quantitative estimate of drug-likeness (QED) is 0.469. The van der Waals surface area contributed by atoms with Crippen LogP contribution < -0.4 is 0 Å². The Labute approximate surface area is 73.0 Å². The molecule has 0 N–H and O–H groups in total. The zero-order chi connectivity index (χ0) is 9.40. The van der Waals surface area contributed by atoms with Crippen molar-refractivity contribution >= 4 is 6.16 Å². The van der Waals surface area contributed by atoms with E-state index in [1.54, 1.807) is 13.8 Å². The summed E-state index contributed by atoms with van der Waals surface area (Å²) in [6.07, 6.45) is -0.282. The van der Waals surface area contributed by atoms with Crippen LogP contribution in [0.15, 0.2) is 0 Å². The first kappa shape index (κ1) is 10.8. The fourth-order valence-electron chi connectivity index (χ4n) is 0.571. The van der Waals surface area contributed by atoms with Gasteiger partial charge in [0, 0.05) is 6.42 Å². The van der Waals surface area contributed by atoms with Gasteiger partial charge in [0.1, 0.15) is 0 Å². The zero-order valence-corrected chi connectivity index (χ0v) is 7.72. The molecule has 1 unspecified atom stereocenters. The van der Waals surface area contributed by atoms with E-state index in [0.717, 1.165) is 6.42 Å². The molecular weight excluding hydrogens is 156 g/mol. The van der Waals surface area contributed by atoms with Crippen molar-refractivity contribution in [3.8, 4) is 11.8 Å². The minimum Gasteiger partial charge on any atom is -0.435 e. The Kier molecular flexibility index (Phi) is 5.90. The first-order chi connectivity index (χ1) is 5.70. The topological polar surface area (TPSA) is 35.5 Å². The van der Waals surface area contributed by atoms with E-state index in [-0.39, 0.29) is 6.10 Å². The predicted octanol–water partition coefficient (Wildman–Crippen LogP) is 1.96. The third-order valence-corrected chi connectivity index (χ3v) is 1.02. The molecule has 12 heavy (non-hydrogen) atoms. The summed E-state index contributed by atoms with van der Waals surface area (Å²) in [5.41, 5.74) is 0. The van der Waals surface area contributed by atoms with Crippen LogP contribution in [0.3, 0.4) is 0 Å². The average molecular weight is 170 g/mol. The highest BCUT2D eigenvalue weighted by atomic mass is 16.7. The van der Waals surface area contributed by atoms with Gasteiger partial charge in [-0.25, -0.2) is 4.79 Å². The first-order valence-corrected chi connectivity index (χ1v) is 4.02. The van der Waals surface area contributed by atoms with Crippen LogP contribution in [0.1, 0.15) is 27.2 Å². The maximum Gasteiger partial charge on any atom is 0.509 e. The van der Waals surface area contributed by atoms with E-state index in [1.165, 1.54) is 0 Å². The van der Waals surface area contributed by atoms with Gasteiger partial charge >= 0.3 is 6.16 Å². The molecule has 0 aromatic rings. The fourth-order valence-corrected chi connectivity index (χ4v) is 0.571. The third-order valence-electron chi connectivity index (χ3n) is 1.02. The summed E-state index contributed by atoms with van der Waals surface area (Å²) in [7, 11) is 0. The van der Waals surface area contributed by atoms with Gasteiger partial charge in [0.2, 0.25) is 0 Å². The van der Waals surface area contributed by atoms with Crippen molar-refractivity contribution in [1.82, 2.24) is 0 Å². The molecule has 0 aliphatic rings. The molecule has 68 valence electrons. The average Bonchev–Trinajstić information content (AvgIpc) is 2.01. The molecular formula is C9H14O3. The summed E-state index contributed by atoms with van der Waals surface area (Å²) in [4.78, 5) is 10.7. The van der Waals surface area contributed by atoms with Gasteiger partial charge in [0.05, 0.1) is 6.61 Å². The van der Waals surface area contributed by atoms with Crippen molar-refractivity contribution in [2.24, 2.45) is 0 Å². The molecule has 0 aromatic heterocycles. The Bertz CT molecular complexity index is 188. The molecule has 1 atom stereocenters. The summed E-state index contributed by atoms with van der Waals surface area (Å²) >= 11 is 0. The summed E-state index contributed by atoms with van der Waals surface area (Å²) in [6.45, 7) is 5.69. The molecule has 0 aromatic carbocycles. The largest absolute Gasteiger partial charge is 0.509 e. The molecule has 0 saturated heterocycles. The lowest BCUT2D eigenvalue weighted by molar-refractivity contribution is 0.0477. The molecule has 0 radical (unpaired) electrons. The van der Waals surface area contributed by atoms with Crippen LogP contribution in [-0.2, 0) is 9.47 Å². The number of rotatable bonds is 2. The highest BCUT2D eigenvalue weighted by molar-refractivity contribution is 5.60. The van der Waals surface area contributed by atoms with Gasteiger partial charge in [-0.1, -0.05) is 18.8 Å². The minimum atomic E-state index is -0.657. The second-order valence-electron chi connectivity index (χ2n) is 2.12. The molecule has 3 heteroatoms. The van der Waals surface area contributed by atoms with Crippen LogP contribution in [-0.4, -0.2) is 18.9 Å². The predicted molar refractivity (Wildman–Crippen MR) is 45.6 cm³/mol. The molecule has 0 amide bonds. The van der Waals surface area contributed by atoms with Crippen LogP contribution in [0.25, 0.3) is 0 Å². The monoisotopic (exact) mass is 170 g/mol. The molecule has 0 fully saturated rings. The number of hydrogen-bond acceptors (Lipinski definition) is 3. The van der Waals surface area contributed by atoms with E-state index in [2.05, 4.69) is 16.6 Å². The van der Waals surface area contributed by atoms with Gasteiger partial charge in [0.15, 0.2) is 6.10 Å². The Hall–Kier alpha value is -1.17. The summed E-state index contributed by atoms with van der Waals surface area (Å²) in [5.74, 6) is 5.56. The summed E-state index contributed by atoms with van der Waals surface area (Å²) < 4.78 is 9.32. The lowest BCUT2D eigenvalue weighted by Crippen LogP contribution is -2.14. The van der Waals surface area contributed by atoms with Crippen molar-refractivity contribution < 1.29 is 14.3 Å². The normalized spacial score (nSPS) is 10.9. The SMILES string of the molecule is CCC#CC(C)OC(=O)OCC. The maximum atomic E-state index is 10.7. The molecule has 0 aliphatic heterocycles.